The van der Waals surface area contributed by atoms with Crippen LogP contribution >= 0.6 is 22.7 Å². The molecule has 4 heterocycles. The minimum Gasteiger partial charge on any atom is -0.469 e. The smallest absolute Gasteiger partial charge is 0.469 e. The number of methoxy groups -OCH3 is 2. The number of aromatic nitrogens is 1. The third-order valence-corrected chi connectivity index (χ3v) is 8.11. The molecule has 0 saturated heterocycles. The Bertz CT molecular complexity index is 1690. The van der Waals surface area contributed by atoms with Crippen LogP contribution in [0.1, 0.15) is 59.8 Å². The number of nitrogens with zero attached hydrogens (tertiary/aromatic N) is 2. The lowest BCUT2D eigenvalue weighted by Crippen LogP contribution is -2.17. The highest BCUT2D eigenvalue weighted by Gasteiger charge is 2.30. The molecule has 0 bridgehead atoms. The molecule has 4 rings (SSSR count). The summed E-state index contributed by atoms with van der Waals surface area (Å²) in [7, 11) is -0.317. The normalized spacial score (nSPS) is 13.3. The molecular formula is C31H27BF2N2O4S2. The lowest BCUT2D eigenvalue weighted by Gasteiger charge is -2.09. The lowest BCUT2D eigenvalue weighted by atomic mass is 9.99. The van der Waals surface area contributed by atoms with Gasteiger partial charge in [-0.1, -0.05) is 11.8 Å². The second-order valence-corrected chi connectivity index (χ2v) is 10.8. The highest BCUT2D eigenvalue weighted by molar-refractivity contribution is 7.08. The van der Waals surface area contributed by atoms with Crippen molar-refractivity contribution in [3.8, 4) is 23.7 Å². The molecule has 0 spiro atoms. The SMILES string of the molecule is COC(=O)CCC1=C(C)C(C#Cc2ccsc2)=N/C1=C\c1c(CCC(=O)OC)c(C)c(C#Cc2ccsc2)n1B(F)F. The summed E-state index contributed by atoms with van der Waals surface area (Å²) < 4.78 is 40.0. The van der Waals surface area contributed by atoms with Crippen molar-refractivity contribution in [3.05, 3.63) is 84.1 Å². The number of allylic oxidation sites excluding steroid dienone is 2. The van der Waals surface area contributed by atoms with Gasteiger partial charge in [-0.2, -0.15) is 22.7 Å². The van der Waals surface area contributed by atoms with Crippen LogP contribution in [0.4, 0.5) is 8.63 Å². The Hall–Kier alpha value is -4.19. The molecule has 1 aliphatic rings. The first-order valence-corrected chi connectivity index (χ1v) is 14.9. The van der Waals surface area contributed by atoms with Gasteiger partial charge in [0.05, 0.1) is 25.6 Å². The first-order chi connectivity index (χ1) is 20.2. The maximum Gasteiger partial charge on any atom is 0.678 e. The third-order valence-electron chi connectivity index (χ3n) is 6.74. The monoisotopic (exact) mass is 604 g/mol. The van der Waals surface area contributed by atoms with E-state index in [4.69, 9.17) is 14.5 Å². The zero-order valence-electron chi connectivity index (χ0n) is 23.5. The highest BCUT2D eigenvalue weighted by atomic mass is 32.1. The number of ether oxygens (including phenoxy) is 2. The number of halogens is 2. The van der Waals surface area contributed by atoms with Crippen molar-refractivity contribution in [1.29, 1.82) is 0 Å². The average molecular weight is 605 g/mol. The zero-order chi connectivity index (χ0) is 30.2. The van der Waals surface area contributed by atoms with Gasteiger partial charge in [0.2, 0.25) is 0 Å². The summed E-state index contributed by atoms with van der Waals surface area (Å²) in [5, 5.41) is 7.54. The molecule has 3 aromatic rings. The Labute approximate surface area is 252 Å². The fourth-order valence-electron chi connectivity index (χ4n) is 4.50. The molecule has 0 saturated carbocycles. The molecule has 0 aromatic carbocycles. The second-order valence-electron chi connectivity index (χ2n) is 9.25. The highest BCUT2D eigenvalue weighted by Crippen LogP contribution is 2.34. The van der Waals surface area contributed by atoms with Crippen LogP contribution < -0.4 is 0 Å². The van der Waals surface area contributed by atoms with E-state index in [1.54, 1.807) is 13.0 Å². The Balaban J connectivity index is 1.89. The Morgan fingerprint density at radius 2 is 1.55 bits per heavy atom. The molecule has 214 valence electrons. The Morgan fingerprint density at radius 1 is 0.952 bits per heavy atom. The topological polar surface area (TPSA) is 69.9 Å². The first-order valence-electron chi connectivity index (χ1n) is 13.0. The van der Waals surface area contributed by atoms with E-state index in [0.29, 0.717) is 28.1 Å². The van der Waals surface area contributed by atoms with Crippen LogP contribution in [0.2, 0.25) is 0 Å². The maximum atomic E-state index is 14.8. The van der Waals surface area contributed by atoms with E-state index in [1.807, 2.05) is 40.6 Å². The maximum absolute atomic E-state index is 14.8. The van der Waals surface area contributed by atoms with Crippen LogP contribution in [0, 0.1) is 30.6 Å². The van der Waals surface area contributed by atoms with Crippen LogP contribution in [0.25, 0.3) is 6.08 Å². The Morgan fingerprint density at radius 3 is 2.10 bits per heavy atom. The fourth-order valence-corrected chi connectivity index (χ4v) is 5.67. The summed E-state index contributed by atoms with van der Waals surface area (Å²) in [6.45, 7) is 3.57. The number of hydrogen-bond acceptors (Lipinski definition) is 7. The van der Waals surface area contributed by atoms with Gasteiger partial charge in [-0.15, -0.1) is 0 Å². The van der Waals surface area contributed by atoms with Crippen molar-refractivity contribution in [2.45, 2.75) is 39.5 Å². The number of rotatable bonds is 8. The molecule has 6 nitrogen and oxygen atoms in total. The third kappa shape index (κ3) is 7.17. The summed E-state index contributed by atoms with van der Waals surface area (Å²) in [5.74, 6) is 11.2. The molecule has 0 atom stereocenters. The van der Waals surface area contributed by atoms with E-state index in [9.17, 15) is 18.2 Å². The van der Waals surface area contributed by atoms with Gasteiger partial charge in [-0.25, -0.2) is 4.99 Å². The summed E-state index contributed by atoms with van der Waals surface area (Å²) in [6.07, 6.45) is 2.12. The zero-order valence-corrected chi connectivity index (χ0v) is 25.2. The van der Waals surface area contributed by atoms with Gasteiger partial charge >= 0.3 is 19.3 Å². The minimum atomic E-state index is -2.92. The standard InChI is InChI=1S/C31H27BF2N2O4S2/c1-20-24(7-11-30(37)39-3)27(35-26(20)9-5-22-13-15-41-18-22)17-29-25(8-12-31(38)40-4)21(2)28(36(29)32(33)34)10-6-23-14-16-42-19-23/h13-19H,7-8,11-12H2,1-4H3/b27-17-. The molecule has 1 aliphatic heterocycles. The van der Waals surface area contributed by atoms with E-state index in [-0.39, 0.29) is 37.1 Å². The lowest BCUT2D eigenvalue weighted by molar-refractivity contribution is -0.141. The van der Waals surface area contributed by atoms with E-state index in [1.165, 1.54) is 36.9 Å². The van der Waals surface area contributed by atoms with Crippen LogP contribution in [0.3, 0.4) is 0 Å². The summed E-state index contributed by atoms with van der Waals surface area (Å²) in [5.41, 5.74) is 5.36. The molecule has 0 unspecified atom stereocenters. The largest absolute Gasteiger partial charge is 0.678 e. The molecule has 42 heavy (non-hydrogen) atoms. The van der Waals surface area contributed by atoms with Crippen molar-refractivity contribution in [2.24, 2.45) is 4.99 Å². The second kappa shape index (κ2) is 14.1. The van der Waals surface area contributed by atoms with Crippen LogP contribution in [-0.4, -0.2) is 43.7 Å². The van der Waals surface area contributed by atoms with Gasteiger partial charge in [-0.05, 0) is 89.8 Å². The number of thiophene rings is 2. The van der Waals surface area contributed by atoms with Crippen molar-refractivity contribution in [3.63, 3.8) is 0 Å². The number of esters is 2. The van der Waals surface area contributed by atoms with E-state index >= 15 is 0 Å². The molecule has 3 aromatic heterocycles. The Kier molecular flexibility index (Phi) is 10.3. The number of hydrogen-bond donors (Lipinski definition) is 0. The van der Waals surface area contributed by atoms with Crippen molar-refractivity contribution >= 4 is 53.8 Å². The summed E-state index contributed by atoms with van der Waals surface area (Å²) in [4.78, 5) is 28.8. The van der Waals surface area contributed by atoms with Gasteiger partial charge in [-0.3, -0.25) is 18.2 Å². The van der Waals surface area contributed by atoms with E-state index in [0.717, 1.165) is 21.2 Å². The van der Waals surface area contributed by atoms with E-state index < -0.39 is 19.3 Å². The summed E-state index contributed by atoms with van der Waals surface area (Å²) >= 11 is 2.99. The molecular weight excluding hydrogens is 577 g/mol. The van der Waals surface area contributed by atoms with Crippen molar-refractivity contribution in [2.75, 3.05) is 14.2 Å². The number of aliphatic imine (C=N–C) groups is 1. The molecule has 11 heteroatoms. The molecule has 0 amide bonds. The van der Waals surface area contributed by atoms with Crippen molar-refractivity contribution < 1.29 is 27.7 Å². The molecule has 0 aliphatic carbocycles. The van der Waals surface area contributed by atoms with Gasteiger partial charge < -0.3 is 14.0 Å². The van der Waals surface area contributed by atoms with Crippen LogP contribution in [-0.2, 0) is 25.5 Å². The molecule has 0 radical (unpaired) electrons. The predicted octanol–water partition coefficient (Wildman–Crippen LogP) is 6.31. The minimum absolute atomic E-state index is 0.00284. The summed E-state index contributed by atoms with van der Waals surface area (Å²) in [6, 6.07) is 3.71. The van der Waals surface area contributed by atoms with Gasteiger partial charge in [0.1, 0.15) is 5.71 Å². The average Bonchev–Trinajstić information content (AvgIpc) is 3.78. The number of carbonyl (C=O) groups is 2. The fraction of sp³-hybridized carbons (Fsp3) is 0.258. The number of carbonyl (C=O) groups excluding carboxylic acids is 2. The van der Waals surface area contributed by atoms with Crippen LogP contribution in [0.15, 0.2) is 55.5 Å². The van der Waals surface area contributed by atoms with Gasteiger partial charge in [0.25, 0.3) is 0 Å². The van der Waals surface area contributed by atoms with Crippen LogP contribution in [0.5, 0.6) is 0 Å². The first kappa shape index (κ1) is 30.8. The predicted molar refractivity (Wildman–Crippen MR) is 164 cm³/mol. The van der Waals surface area contributed by atoms with Gasteiger partial charge in [0.15, 0.2) is 0 Å². The molecule has 0 N–H and O–H groups in total. The van der Waals surface area contributed by atoms with Crippen molar-refractivity contribution in [1.82, 2.24) is 4.48 Å². The molecule has 0 fully saturated rings. The quantitative estimate of drug-likeness (QED) is 0.172. The van der Waals surface area contributed by atoms with Gasteiger partial charge in [0, 0.05) is 40.4 Å². The van der Waals surface area contributed by atoms with E-state index in [2.05, 4.69) is 23.7 Å².